The fourth-order valence-corrected chi connectivity index (χ4v) is 2.28. The molecule has 96 valence electrons. The first-order chi connectivity index (χ1) is 8.52. The van der Waals surface area contributed by atoms with E-state index in [1.807, 2.05) is 26.0 Å². The summed E-state index contributed by atoms with van der Waals surface area (Å²) in [5.74, 6) is -0.461. The summed E-state index contributed by atoms with van der Waals surface area (Å²) in [6, 6.07) is 3.71. The third-order valence-electron chi connectivity index (χ3n) is 3.04. The van der Waals surface area contributed by atoms with Crippen LogP contribution in [-0.4, -0.2) is 25.5 Å². The first-order valence-corrected chi connectivity index (χ1v) is 5.76. The van der Waals surface area contributed by atoms with Crippen molar-refractivity contribution in [3.05, 3.63) is 28.8 Å². The molecule has 1 unspecified atom stereocenters. The maximum absolute atomic E-state index is 11.4. The summed E-state index contributed by atoms with van der Waals surface area (Å²) in [7, 11) is 1.60. The van der Waals surface area contributed by atoms with E-state index in [2.05, 4.69) is 10.6 Å². The lowest BCUT2D eigenvalue weighted by Crippen LogP contribution is -2.51. The van der Waals surface area contributed by atoms with Gasteiger partial charge in [-0.15, -0.1) is 0 Å². The van der Waals surface area contributed by atoms with Gasteiger partial charge in [0.2, 0.25) is 0 Å². The molecule has 5 nitrogen and oxygen atoms in total. The maximum atomic E-state index is 11.4. The van der Waals surface area contributed by atoms with Crippen LogP contribution in [0.1, 0.15) is 22.7 Å². The Hall–Kier alpha value is -2.04. The zero-order valence-corrected chi connectivity index (χ0v) is 10.7. The lowest BCUT2D eigenvalue weighted by molar-refractivity contribution is -0.141. The van der Waals surface area contributed by atoms with Crippen molar-refractivity contribution in [2.45, 2.75) is 19.9 Å². The van der Waals surface area contributed by atoms with Crippen LogP contribution in [0, 0.1) is 13.8 Å². The SMILES string of the molecule is COc1cc(C)cc(C)c1C1CNC(=O)C(=O)N1. The number of methoxy groups -OCH3 is 1. The third-order valence-corrected chi connectivity index (χ3v) is 3.04. The summed E-state index contributed by atoms with van der Waals surface area (Å²) >= 11 is 0. The van der Waals surface area contributed by atoms with Crippen LogP contribution >= 0.6 is 0 Å². The van der Waals surface area contributed by atoms with Crippen LogP contribution in [-0.2, 0) is 9.59 Å². The number of rotatable bonds is 2. The Labute approximate surface area is 106 Å². The first kappa shape index (κ1) is 12.4. The van der Waals surface area contributed by atoms with Crippen LogP contribution < -0.4 is 15.4 Å². The average Bonchev–Trinajstić information content (AvgIpc) is 2.32. The second-order valence-corrected chi connectivity index (χ2v) is 4.43. The van der Waals surface area contributed by atoms with Crippen LogP contribution in [0.15, 0.2) is 12.1 Å². The standard InChI is InChI=1S/C13H16N2O3/c1-7-4-8(2)11(10(5-7)18-3)9-6-14-12(16)13(17)15-9/h4-5,9H,6H2,1-3H3,(H,14,16)(H,15,17). The summed E-state index contributed by atoms with van der Waals surface area (Å²) in [6.07, 6.45) is 0. The molecule has 1 aromatic carbocycles. The van der Waals surface area contributed by atoms with Gasteiger partial charge in [0.25, 0.3) is 0 Å². The molecule has 0 bridgehead atoms. The number of hydrogen-bond donors (Lipinski definition) is 2. The van der Waals surface area contributed by atoms with Gasteiger partial charge in [-0.25, -0.2) is 0 Å². The Balaban J connectivity index is 2.39. The van der Waals surface area contributed by atoms with Crippen LogP contribution in [0.5, 0.6) is 5.75 Å². The molecular weight excluding hydrogens is 232 g/mol. The number of piperazine rings is 1. The van der Waals surface area contributed by atoms with Gasteiger partial charge in [-0.1, -0.05) is 6.07 Å². The van der Waals surface area contributed by atoms with Crippen molar-refractivity contribution in [2.75, 3.05) is 13.7 Å². The number of hydrogen-bond acceptors (Lipinski definition) is 3. The summed E-state index contributed by atoms with van der Waals surface area (Å²) in [5.41, 5.74) is 3.05. The van der Waals surface area contributed by atoms with Gasteiger partial charge < -0.3 is 15.4 Å². The van der Waals surface area contributed by atoms with Crippen LogP contribution in [0.25, 0.3) is 0 Å². The molecule has 18 heavy (non-hydrogen) atoms. The highest BCUT2D eigenvalue weighted by Crippen LogP contribution is 2.30. The molecule has 1 saturated heterocycles. The Morgan fingerprint density at radius 3 is 2.56 bits per heavy atom. The zero-order valence-electron chi connectivity index (χ0n) is 10.7. The highest BCUT2D eigenvalue weighted by Gasteiger charge is 2.28. The Bertz CT molecular complexity index is 511. The molecule has 1 fully saturated rings. The largest absolute Gasteiger partial charge is 0.496 e. The molecule has 5 heteroatoms. The van der Waals surface area contributed by atoms with E-state index in [1.165, 1.54) is 0 Å². The zero-order chi connectivity index (χ0) is 13.3. The van der Waals surface area contributed by atoms with Crippen molar-refractivity contribution in [1.29, 1.82) is 0 Å². The van der Waals surface area contributed by atoms with E-state index >= 15 is 0 Å². The summed E-state index contributed by atoms with van der Waals surface area (Å²) in [4.78, 5) is 22.5. The topological polar surface area (TPSA) is 67.4 Å². The van der Waals surface area contributed by atoms with Gasteiger partial charge in [-0.3, -0.25) is 9.59 Å². The first-order valence-electron chi connectivity index (χ1n) is 5.76. The molecule has 0 radical (unpaired) electrons. The van der Waals surface area contributed by atoms with Crippen LogP contribution in [0.3, 0.4) is 0 Å². The molecule has 1 aliphatic rings. The summed E-state index contributed by atoms with van der Waals surface area (Å²) in [5, 5.41) is 5.25. The van der Waals surface area contributed by atoms with E-state index in [0.717, 1.165) is 22.4 Å². The van der Waals surface area contributed by atoms with Crippen molar-refractivity contribution >= 4 is 11.8 Å². The number of carbonyl (C=O) groups is 2. The predicted octanol–water partition coefficient (Wildman–Crippen LogP) is 0.599. The molecule has 2 N–H and O–H groups in total. The van der Waals surface area contributed by atoms with E-state index < -0.39 is 11.8 Å². The lowest BCUT2D eigenvalue weighted by atomic mass is 9.96. The van der Waals surface area contributed by atoms with Gasteiger partial charge >= 0.3 is 11.8 Å². The Morgan fingerprint density at radius 2 is 1.94 bits per heavy atom. The fourth-order valence-electron chi connectivity index (χ4n) is 2.28. The van der Waals surface area contributed by atoms with E-state index in [0.29, 0.717) is 6.54 Å². The van der Waals surface area contributed by atoms with E-state index in [4.69, 9.17) is 4.74 Å². The minimum atomic E-state index is -0.603. The molecule has 1 aliphatic heterocycles. The number of nitrogens with one attached hydrogen (secondary N) is 2. The predicted molar refractivity (Wildman–Crippen MR) is 66.4 cm³/mol. The number of aryl methyl sites for hydroxylation is 2. The van der Waals surface area contributed by atoms with E-state index in [-0.39, 0.29) is 6.04 Å². The smallest absolute Gasteiger partial charge is 0.309 e. The number of amides is 2. The molecule has 0 saturated carbocycles. The van der Waals surface area contributed by atoms with Gasteiger partial charge in [-0.05, 0) is 31.0 Å². The third kappa shape index (κ3) is 2.16. The molecule has 2 amide bonds. The highest BCUT2D eigenvalue weighted by molar-refractivity contribution is 6.35. The minimum absolute atomic E-state index is 0.245. The van der Waals surface area contributed by atoms with E-state index in [9.17, 15) is 9.59 Å². The van der Waals surface area contributed by atoms with Gasteiger partial charge in [0.15, 0.2) is 0 Å². The normalized spacial score (nSPS) is 19.2. The Kier molecular flexibility index (Phi) is 3.23. The Morgan fingerprint density at radius 1 is 1.22 bits per heavy atom. The number of benzene rings is 1. The molecule has 1 heterocycles. The molecule has 2 rings (SSSR count). The molecular formula is C13H16N2O3. The van der Waals surface area contributed by atoms with Crippen LogP contribution in [0.2, 0.25) is 0 Å². The van der Waals surface area contributed by atoms with Gasteiger partial charge in [-0.2, -0.15) is 0 Å². The summed E-state index contributed by atoms with van der Waals surface area (Å²) in [6.45, 7) is 4.33. The van der Waals surface area contributed by atoms with Gasteiger partial charge in [0.05, 0.1) is 13.2 Å². The molecule has 0 spiro atoms. The lowest BCUT2D eigenvalue weighted by Gasteiger charge is -2.27. The fraction of sp³-hybridized carbons (Fsp3) is 0.385. The van der Waals surface area contributed by atoms with E-state index in [1.54, 1.807) is 7.11 Å². The van der Waals surface area contributed by atoms with Crippen molar-refractivity contribution in [3.8, 4) is 5.75 Å². The van der Waals surface area contributed by atoms with Crippen molar-refractivity contribution in [2.24, 2.45) is 0 Å². The molecule has 1 atom stereocenters. The second-order valence-electron chi connectivity index (χ2n) is 4.43. The number of ether oxygens (including phenoxy) is 1. The van der Waals surface area contributed by atoms with Crippen molar-refractivity contribution < 1.29 is 14.3 Å². The quantitative estimate of drug-likeness (QED) is 0.753. The van der Waals surface area contributed by atoms with Gasteiger partial charge in [0.1, 0.15) is 5.75 Å². The molecule has 0 aromatic heterocycles. The van der Waals surface area contributed by atoms with Crippen molar-refractivity contribution in [1.82, 2.24) is 10.6 Å². The second kappa shape index (κ2) is 4.68. The van der Waals surface area contributed by atoms with Gasteiger partial charge in [0, 0.05) is 12.1 Å². The van der Waals surface area contributed by atoms with Crippen molar-refractivity contribution in [3.63, 3.8) is 0 Å². The van der Waals surface area contributed by atoms with Crippen LogP contribution in [0.4, 0.5) is 0 Å². The maximum Gasteiger partial charge on any atom is 0.309 e. The molecule has 1 aromatic rings. The molecule has 0 aliphatic carbocycles. The average molecular weight is 248 g/mol. The number of carbonyl (C=O) groups excluding carboxylic acids is 2. The highest BCUT2D eigenvalue weighted by atomic mass is 16.5. The monoisotopic (exact) mass is 248 g/mol. The minimum Gasteiger partial charge on any atom is -0.496 e. The summed E-state index contributed by atoms with van der Waals surface area (Å²) < 4.78 is 5.36.